The molecule has 0 aliphatic heterocycles. The first kappa shape index (κ1) is 13.5. The number of nitrogens with zero attached hydrogens (tertiary/aromatic N) is 1. The van der Waals surface area contributed by atoms with Crippen molar-refractivity contribution in [2.24, 2.45) is 0 Å². The molecule has 0 unspecified atom stereocenters. The van der Waals surface area contributed by atoms with E-state index in [1.165, 1.54) is 11.3 Å². The van der Waals surface area contributed by atoms with Crippen LogP contribution in [0.1, 0.15) is 24.8 Å². The average Bonchev–Trinajstić information content (AvgIpc) is 2.86. The number of phenols is 1. The van der Waals surface area contributed by atoms with Crippen LogP contribution in [0.15, 0.2) is 29.6 Å². The fourth-order valence-electron chi connectivity index (χ4n) is 1.65. The first-order chi connectivity index (χ1) is 9.19. The first-order valence-corrected chi connectivity index (χ1v) is 7.07. The van der Waals surface area contributed by atoms with E-state index in [0.29, 0.717) is 13.0 Å². The summed E-state index contributed by atoms with van der Waals surface area (Å²) in [5.41, 5.74) is 1.82. The van der Waals surface area contributed by atoms with Crippen molar-refractivity contribution in [3.63, 3.8) is 0 Å². The number of hydrogen-bond donors (Lipinski definition) is 2. The predicted octanol–water partition coefficient (Wildman–Crippen LogP) is 2.93. The first-order valence-electron chi connectivity index (χ1n) is 6.19. The normalized spacial score (nSPS) is 10.4. The molecule has 0 saturated heterocycles. The number of carbonyl (C=O) groups excluding carboxylic acids is 1. The standard InChI is InChI=1S/C14H16N2O2S/c1-2-3-13(18)15-8-14-16-12(9-19-14)10-4-6-11(17)7-5-10/h4-7,9,17H,2-3,8H2,1H3,(H,15,18). The van der Waals surface area contributed by atoms with Gasteiger partial charge in [-0.05, 0) is 30.7 Å². The minimum atomic E-state index is 0.0592. The van der Waals surface area contributed by atoms with Crippen LogP contribution in [-0.2, 0) is 11.3 Å². The van der Waals surface area contributed by atoms with Crippen molar-refractivity contribution in [1.29, 1.82) is 0 Å². The summed E-state index contributed by atoms with van der Waals surface area (Å²) in [5, 5.41) is 14.9. The summed E-state index contributed by atoms with van der Waals surface area (Å²) >= 11 is 1.52. The third-order valence-electron chi connectivity index (χ3n) is 2.63. The molecule has 0 bridgehead atoms. The van der Waals surface area contributed by atoms with Gasteiger partial charge in [0, 0.05) is 17.4 Å². The van der Waals surface area contributed by atoms with Crippen molar-refractivity contribution in [3.8, 4) is 17.0 Å². The van der Waals surface area contributed by atoms with Crippen LogP contribution < -0.4 is 5.32 Å². The number of aromatic hydroxyl groups is 1. The summed E-state index contributed by atoms with van der Waals surface area (Å²) in [6, 6.07) is 6.92. The molecule has 0 aliphatic carbocycles. The number of amides is 1. The summed E-state index contributed by atoms with van der Waals surface area (Å²) in [4.78, 5) is 15.8. The van der Waals surface area contributed by atoms with E-state index < -0.39 is 0 Å². The van der Waals surface area contributed by atoms with Crippen LogP contribution in [0, 0.1) is 0 Å². The molecule has 0 fully saturated rings. The molecule has 100 valence electrons. The number of phenolic OH excluding ortho intramolecular Hbond substituents is 1. The second-order valence-corrected chi connectivity index (χ2v) is 5.14. The zero-order valence-corrected chi connectivity index (χ0v) is 11.5. The molecule has 1 aromatic carbocycles. The second-order valence-electron chi connectivity index (χ2n) is 4.20. The van der Waals surface area contributed by atoms with Gasteiger partial charge in [0.15, 0.2) is 0 Å². The minimum absolute atomic E-state index is 0.0592. The fraction of sp³-hybridized carbons (Fsp3) is 0.286. The summed E-state index contributed by atoms with van der Waals surface area (Å²) in [6.07, 6.45) is 1.40. The van der Waals surface area contributed by atoms with Crippen LogP contribution in [0.4, 0.5) is 0 Å². The maximum absolute atomic E-state index is 11.4. The van der Waals surface area contributed by atoms with E-state index in [0.717, 1.165) is 22.7 Å². The fourth-order valence-corrected chi connectivity index (χ4v) is 2.39. The Labute approximate surface area is 116 Å². The number of thiazole rings is 1. The Morgan fingerprint density at radius 3 is 2.79 bits per heavy atom. The van der Waals surface area contributed by atoms with E-state index in [2.05, 4.69) is 10.3 Å². The quantitative estimate of drug-likeness (QED) is 0.882. The van der Waals surface area contributed by atoms with E-state index in [1.54, 1.807) is 12.1 Å². The highest BCUT2D eigenvalue weighted by Crippen LogP contribution is 2.23. The van der Waals surface area contributed by atoms with Crippen molar-refractivity contribution in [2.45, 2.75) is 26.3 Å². The van der Waals surface area contributed by atoms with Gasteiger partial charge in [-0.2, -0.15) is 0 Å². The largest absolute Gasteiger partial charge is 0.508 e. The summed E-state index contributed by atoms with van der Waals surface area (Å²) in [6.45, 7) is 2.45. The number of carbonyl (C=O) groups is 1. The highest BCUT2D eigenvalue weighted by molar-refractivity contribution is 7.09. The molecule has 1 heterocycles. The van der Waals surface area contributed by atoms with Gasteiger partial charge in [0.05, 0.1) is 12.2 Å². The SMILES string of the molecule is CCCC(=O)NCc1nc(-c2ccc(O)cc2)cs1. The number of nitrogens with one attached hydrogen (secondary N) is 1. The van der Waals surface area contributed by atoms with Crippen molar-refractivity contribution >= 4 is 17.2 Å². The minimum Gasteiger partial charge on any atom is -0.508 e. The second kappa shape index (κ2) is 6.33. The Morgan fingerprint density at radius 2 is 2.11 bits per heavy atom. The molecule has 2 aromatic rings. The predicted molar refractivity (Wildman–Crippen MR) is 76.0 cm³/mol. The molecule has 19 heavy (non-hydrogen) atoms. The van der Waals surface area contributed by atoms with Gasteiger partial charge in [0.1, 0.15) is 10.8 Å². The molecule has 0 atom stereocenters. The zero-order valence-electron chi connectivity index (χ0n) is 10.7. The lowest BCUT2D eigenvalue weighted by Gasteiger charge is -2.00. The lowest BCUT2D eigenvalue weighted by atomic mass is 10.2. The van der Waals surface area contributed by atoms with Gasteiger partial charge in [-0.3, -0.25) is 4.79 Å². The number of aromatic nitrogens is 1. The molecule has 1 amide bonds. The molecule has 0 saturated carbocycles. The lowest BCUT2D eigenvalue weighted by molar-refractivity contribution is -0.121. The van der Waals surface area contributed by atoms with Gasteiger partial charge in [-0.25, -0.2) is 4.98 Å². The Kier molecular flexibility index (Phi) is 4.52. The molecule has 0 radical (unpaired) electrons. The number of hydrogen-bond acceptors (Lipinski definition) is 4. The lowest BCUT2D eigenvalue weighted by Crippen LogP contribution is -2.21. The molecular formula is C14H16N2O2S. The Hall–Kier alpha value is -1.88. The van der Waals surface area contributed by atoms with Gasteiger partial charge in [0.25, 0.3) is 0 Å². The van der Waals surface area contributed by atoms with Crippen molar-refractivity contribution in [1.82, 2.24) is 10.3 Å². The molecule has 2 N–H and O–H groups in total. The summed E-state index contributed by atoms with van der Waals surface area (Å²) < 4.78 is 0. The third kappa shape index (κ3) is 3.79. The maximum atomic E-state index is 11.4. The van der Waals surface area contributed by atoms with Gasteiger partial charge >= 0.3 is 0 Å². The molecule has 0 aliphatic rings. The average molecular weight is 276 g/mol. The van der Waals surface area contributed by atoms with E-state index in [4.69, 9.17) is 0 Å². The Bertz CT molecular complexity index is 549. The van der Waals surface area contributed by atoms with E-state index in [-0.39, 0.29) is 11.7 Å². The monoisotopic (exact) mass is 276 g/mol. The molecule has 1 aromatic heterocycles. The highest BCUT2D eigenvalue weighted by atomic mass is 32.1. The van der Waals surface area contributed by atoms with Gasteiger partial charge < -0.3 is 10.4 Å². The summed E-state index contributed by atoms with van der Waals surface area (Å²) in [7, 11) is 0. The van der Waals surface area contributed by atoms with Crippen LogP contribution in [0.5, 0.6) is 5.75 Å². The van der Waals surface area contributed by atoms with Gasteiger partial charge in [-0.15, -0.1) is 11.3 Å². The van der Waals surface area contributed by atoms with Crippen molar-refractivity contribution in [3.05, 3.63) is 34.7 Å². The van der Waals surface area contributed by atoms with Gasteiger partial charge in [-0.1, -0.05) is 6.92 Å². The topological polar surface area (TPSA) is 62.2 Å². The van der Waals surface area contributed by atoms with Gasteiger partial charge in [0.2, 0.25) is 5.91 Å². The molecule has 2 rings (SSSR count). The highest BCUT2D eigenvalue weighted by Gasteiger charge is 2.06. The Morgan fingerprint density at radius 1 is 1.37 bits per heavy atom. The van der Waals surface area contributed by atoms with E-state index in [9.17, 15) is 9.90 Å². The van der Waals surface area contributed by atoms with Crippen LogP contribution in [0.3, 0.4) is 0 Å². The van der Waals surface area contributed by atoms with Crippen molar-refractivity contribution in [2.75, 3.05) is 0 Å². The Balaban J connectivity index is 1.99. The molecule has 5 heteroatoms. The molecule has 0 spiro atoms. The summed E-state index contributed by atoms with van der Waals surface area (Å²) in [5.74, 6) is 0.301. The van der Waals surface area contributed by atoms with Crippen molar-refractivity contribution < 1.29 is 9.90 Å². The van der Waals surface area contributed by atoms with E-state index in [1.807, 2.05) is 24.4 Å². The van der Waals surface area contributed by atoms with E-state index >= 15 is 0 Å². The molecular weight excluding hydrogens is 260 g/mol. The number of rotatable bonds is 5. The van der Waals surface area contributed by atoms with Crippen LogP contribution in [0.2, 0.25) is 0 Å². The molecule has 4 nitrogen and oxygen atoms in total. The maximum Gasteiger partial charge on any atom is 0.220 e. The zero-order chi connectivity index (χ0) is 13.7. The van der Waals surface area contributed by atoms with Crippen LogP contribution in [-0.4, -0.2) is 16.0 Å². The number of benzene rings is 1. The smallest absolute Gasteiger partial charge is 0.220 e. The third-order valence-corrected chi connectivity index (χ3v) is 3.48. The van der Waals surface area contributed by atoms with Crippen LogP contribution in [0.25, 0.3) is 11.3 Å². The van der Waals surface area contributed by atoms with Crippen LogP contribution >= 0.6 is 11.3 Å².